The maximum atomic E-state index is 13.6. The van der Waals surface area contributed by atoms with Crippen molar-refractivity contribution in [3.63, 3.8) is 0 Å². The second kappa shape index (κ2) is 11.4. The third-order valence-corrected chi connectivity index (χ3v) is 7.80. The van der Waals surface area contributed by atoms with Crippen LogP contribution in [0.2, 0.25) is 0 Å². The summed E-state index contributed by atoms with van der Waals surface area (Å²) >= 11 is 0.931. The van der Waals surface area contributed by atoms with E-state index in [-0.39, 0.29) is 40.7 Å². The Morgan fingerprint density at radius 2 is 1.98 bits per heavy atom. The van der Waals surface area contributed by atoms with Crippen LogP contribution >= 0.6 is 11.3 Å². The van der Waals surface area contributed by atoms with Gasteiger partial charge in [0.15, 0.2) is 5.13 Å². The Morgan fingerprint density at radius 1 is 1.20 bits per heavy atom. The van der Waals surface area contributed by atoms with Crippen molar-refractivity contribution in [1.82, 2.24) is 4.98 Å². The summed E-state index contributed by atoms with van der Waals surface area (Å²) in [5.41, 5.74) is 2.02. The summed E-state index contributed by atoms with van der Waals surface area (Å²) in [6.07, 6.45) is 3.69. The van der Waals surface area contributed by atoms with Gasteiger partial charge in [-0.05, 0) is 55.3 Å². The van der Waals surface area contributed by atoms with Crippen molar-refractivity contribution in [1.29, 1.82) is 0 Å². The quantitative estimate of drug-likeness (QED) is 0.121. The number of aliphatic hydroxyl groups excluding tert-OH is 1. The van der Waals surface area contributed by atoms with Crippen molar-refractivity contribution in [2.24, 2.45) is 0 Å². The third-order valence-electron chi connectivity index (χ3n) is 6.66. The summed E-state index contributed by atoms with van der Waals surface area (Å²) in [5, 5.41) is 11.7. The number of rotatable bonds is 9. The molecule has 3 aromatic rings. The maximum Gasteiger partial charge on any atom is 0.350 e. The van der Waals surface area contributed by atoms with Gasteiger partial charge in [0.05, 0.1) is 17.3 Å². The van der Waals surface area contributed by atoms with Crippen LogP contribution in [0.15, 0.2) is 73.3 Å². The van der Waals surface area contributed by atoms with Crippen molar-refractivity contribution in [2.75, 3.05) is 18.1 Å². The molecular formula is C31H28N2O7S. The molecule has 0 aliphatic carbocycles. The van der Waals surface area contributed by atoms with Crippen molar-refractivity contribution in [2.45, 2.75) is 32.4 Å². The molecule has 2 aliphatic rings. The molecule has 3 heterocycles. The number of carbonyl (C=O) groups is 3. The molecule has 5 rings (SSSR count). The van der Waals surface area contributed by atoms with E-state index < -0.39 is 23.7 Å². The molecule has 10 heteroatoms. The van der Waals surface area contributed by atoms with Gasteiger partial charge >= 0.3 is 11.9 Å². The number of nitrogens with zero attached hydrogens (tertiary/aromatic N) is 2. The number of ether oxygens (including phenoxy) is 3. The van der Waals surface area contributed by atoms with Gasteiger partial charge in [0.25, 0.3) is 5.78 Å². The number of hydrogen-bond donors (Lipinski definition) is 1. The average molecular weight is 573 g/mol. The number of aliphatic hydroxyl groups is 1. The highest BCUT2D eigenvalue weighted by Crippen LogP contribution is 2.45. The van der Waals surface area contributed by atoms with Crippen molar-refractivity contribution in [3.05, 3.63) is 101 Å². The molecule has 1 N–H and O–H groups in total. The molecule has 0 bridgehead atoms. The molecule has 210 valence electrons. The van der Waals surface area contributed by atoms with Crippen LogP contribution in [0.3, 0.4) is 0 Å². The Labute approximate surface area is 241 Å². The highest BCUT2D eigenvalue weighted by molar-refractivity contribution is 7.17. The number of aromatic nitrogens is 1. The number of Topliss-reactive ketones (excluding diaryl/α,β-unsaturated/α-hetero) is 1. The van der Waals surface area contributed by atoms with E-state index in [0.717, 1.165) is 16.9 Å². The van der Waals surface area contributed by atoms with Gasteiger partial charge in [0.2, 0.25) is 0 Å². The van der Waals surface area contributed by atoms with E-state index >= 15 is 0 Å². The number of thiazole rings is 1. The standard InChI is InChI=1S/C31H28N2O7S/c1-5-12-38-22-9-7-8-19(16-22)25-24(26(34)20-10-11-23-21(15-20)14-17(3)40-23)27(35)29(36)33(25)31-32-18(4)28(41-31)30(37)39-13-6-2/h5-11,15-17,25,34H,1-2,12-14H2,3-4H3. The molecule has 1 amide bonds. The lowest BCUT2D eigenvalue weighted by atomic mass is 9.94. The fourth-order valence-corrected chi connectivity index (χ4v) is 5.86. The maximum absolute atomic E-state index is 13.6. The van der Waals surface area contributed by atoms with Gasteiger partial charge in [0, 0.05) is 12.0 Å². The van der Waals surface area contributed by atoms with Gasteiger partial charge in [-0.3, -0.25) is 14.5 Å². The zero-order chi connectivity index (χ0) is 29.3. The topological polar surface area (TPSA) is 115 Å². The number of amides is 1. The number of hydrogen-bond acceptors (Lipinski definition) is 9. The molecule has 0 saturated carbocycles. The Kier molecular flexibility index (Phi) is 7.76. The Hall–Kier alpha value is -4.70. The fraction of sp³-hybridized carbons (Fsp3) is 0.226. The third kappa shape index (κ3) is 5.26. The fourth-order valence-electron chi connectivity index (χ4n) is 4.87. The summed E-state index contributed by atoms with van der Waals surface area (Å²) in [4.78, 5) is 45.7. The molecule has 1 aromatic heterocycles. The summed E-state index contributed by atoms with van der Waals surface area (Å²) in [6, 6.07) is 11.0. The predicted octanol–water partition coefficient (Wildman–Crippen LogP) is 5.31. The van der Waals surface area contributed by atoms with Gasteiger partial charge in [-0.1, -0.05) is 48.8 Å². The van der Waals surface area contributed by atoms with Crippen LogP contribution in [0.5, 0.6) is 11.5 Å². The van der Waals surface area contributed by atoms with E-state index in [1.807, 2.05) is 6.92 Å². The number of esters is 1. The average Bonchev–Trinajstić information content (AvgIpc) is 3.61. The lowest BCUT2D eigenvalue weighted by Gasteiger charge is -2.23. The van der Waals surface area contributed by atoms with E-state index in [1.54, 1.807) is 55.5 Å². The molecule has 2 aliphatic heterocycles. The van der Waals surface area contributed by atoms with Crippen LogP contribution in [0.25, 0.3) is 5.76 Å². The number of benzene rings is 2. The van der Waals surface area contributed by atoms with Gasteiger partial charge in [-0.15, -0.1) is 0 Å². The number of carbonyl (C=O) groups excluding carboxylic acids is 3. The summed E-state index contributed by atoms with van der Waals surface area (Å²) in [7, 11) is 0. The lowest BCUT2D eigenvalue weighted by Crippen LogP contribution is -2.29. The van der Waals surface area contributed by atoms with E-state index in [4.69, 9.17) is 14.2 Å². The molecule has 2 atom stereocenters. The number of anilines is 1. The van der Waals surface area contributed by atoms with Crippen molar-refractivity contribution < 1.29 is 33.7 Å². The SMILES string of the molecule is C=CCOC(=O)c1sc(N2C(=O)C(=O)C(=C(O)c3ccc4c(c3)CC(C)O4)C2c2cccc(OCC=C)c2)nc1C. The Bertz CT molecular complexity index is 1610. The van der Waals surface area contributed by atoms with Gasteiger partial charge < -0.3 is 19.3 Å². The Morgan fingerprint density at radius 3 is 2.73 bits per heavy atom. The highest BCUT2D eigenvalue weighted by atomic mass is 32.1. The summed E-state index contributed by atoms with van der Waals surface area (Å²) < 4.78 is 16.6. The van der Waals surface area contributed by atoms with E-state index in [2.05, 4.69) is 18.1 Å². The molecule has 1 saturated heterocycles. The van der Waals surface area contributed by atoms with Gasteiger partial charge in [-0.2, -0.15) is 0 Å². The second-order valence-corrected chi connectivity index (χ2v) is 10.6. The minimum absolute atomic E-state index is 0.00760. The predicted molar refractivity (Wildman–Crippen MR) is 154 cm³/mol. The monoisotopic (exact) mass is 572 g/mol. The minimum Gasteiger partial charge on any atom is -0.507 e. The van der Waals surface area contributed by atoms with E-state index in [0.29, 0.717) is 34.7 Å². The smallest absolute Gasteiger partial charge is 0.350 e. The molecular weight excluding hydrogens is 544 g/mol. The van der Waals surface area contributed by atoms with Crippen LogP contribution in [-0.4, -0.2) is 47.1 Å². The number of aryl methyl sites for hydroxylation is 1. The summed E-state index contributed by atoms with van der Waals surface area (Å²) in [6.45, 7) is 11.0. The van der Waals surface area contributed by atoms with Gasteiger partial charge in [-0.25, -0.2) is 9.78 Å². The first-order valence-corrected chi connectivity index (χ1v) is 13.7. The lowest BCUT2D eigenvalue weighted by molar-refractivity contribution is -0.132. The Balaban J connectivity index is 1.65. The summed E-state index contributed by atoms with van der Waals surface area (Å²) in [5.74, 6) is -1.50. The first kappa shape index (κ1) is 27.9. The molecule has 2 unspecified atom stereocenters. The first-order valence-electron chi connectivity index (χ1n) is 12.9. The molecule has 1 fully saturated rings. The van der Waals surface area contributed by atoms with Crippen LogP contribution in [-0.2, 0) is 20.7 Å². The second-order valence-electron chi connectivity index (χ2n) is 9.59. The molecule has 2 aromatic carbocycles. The zero-order valence-electron chi connectivity index (χ0n) is 22.6. The molecule has 0 spiro atoms. The number of fused-ring (bicyclic) bond motifs is 1. The highest BCUT2D eigenvalue weighted by Gasteiger charge is 2.48. The molecule has 9 nitrogen and oxygen atoms in total. The molecule has 0 radical (unpaired) electrons. The van der Waals surface area contributed by atoms with Gasteiger partial charge in [0.1, 0.15) is 41.5 Å². The van der Waals surface area contributed by atoms with E-state index in [9.17, 15) is 19.5 Å². The van der Waals surface area contributed by atoms with Crippen molar-refractivity contribution in [3.8, 4) is 11.5 Å². The first-order chi connectivity index (χ1) is 19.7. The van der Waals surface area contributed by atoms with Crippen LogP contribution < -0.4 is 14.4 Å². The minimum atomic E-state index is -1.05. The normalized spacial score (nSPS) is 19.0. The largest absolute Gasteiger partial charge is 0.507 e. The van der Waals surface area contributed by atoms with Crippen molar-refractivity contribution >= 4 is 39.9 Å². The van der Waals surface area contributed by atoms with Crippen LogP contribution in [0.1, 0.15) is 45.0 Å². The number of ketones is 1. The molecule has 41 heavy (non-hydrogen) atoms. The van der Waals surface area contributed by atoms with Crippen LogP contribution in [0, 0.1) is 6.92 Å². The van der Waals surface area contributed by atoms with Crippen LogP contribution in [0.4, 0.5) is 5.13 Å². The van der Waals surface area contributed by atoms with E-state index in [1.165, 1.54) is 11.0 Å². The zero-order valence-corrected chi connectivity index (χ0v) is 23.4.